The lowest BCUT2D eigenvalue weighted by Gasteiger charge is -2.17. The van der Waals surface area contributed by atoms with Gasteiger partial charge >= 0.3 is 0 Å². The van der Waals surface area contributed by atoms with Crippen molar-refractivity contribution in [3.63, 3.8) is 0 Å². The number of carbonyl (C=O) groups is 1. The minimum absolute atomic E-state index is 0.174. The molecule has 0 saturated carbocycles. The molecule has 2 aromatic carbocycles. The zero-order chi connectivity index (χ0) is 15.2. The molecule has 2 rings (SSSR count). The van der Waals surface area contributed by atoms with Gasteiger partial charge in [0, 0.05) is 5.69 Å². The number of aryl methyl sites for hydroxylation is 1. The molecule has 3 N–H and O–H groups in total. The second kappa shape index (κ2) is 6.99. The molecule has 0 aromatic heterocycles. The van der Waals surface area contributed by atoms with Crippen molar-refractivity contribution in [1.82, 2.24) is 0 Å². The second-order valence-corrected chi connectivity index (χ2v) is 5.22. The lowest BCUT2D eigenvalue weighted by Crippen LogP contribution is -2.31. The Bertz CT molecular complexity index is 640. The Morgan fingerprint density at radius 1 is 1.14 bits per heavy atom. The van der Waals surface area contributed by atoms with Gasteiger partial charge in [-0.2, -0.15) is 0 Å². The number of benzene rings is 2. The smallest absolute Gasteiger partial charge is 0.238 e. The number of nitrogens with one attached hydrogen (secondary N) is 1. The van der Waals surface area contributed by atoms with Gasteiger partial charge in [-0.15, -0.1) is 0 Å². The molecule has 2 aromatic rings. The van der Waals surface area contributed by atoms with Crippen molar-refractivity contribution < 1.29 is 4.79 Å². The summed E-state index contributed by atoms with van der Waals surface area (Å²) < 4.78 is 0. The van der Waals surface area contributed by atoms with E-state index in [0.29, 0.717) is 0 Å². The van der Waals surface area contributed by atoms with Gasteiger partial charge in [-0.05, 0) is 23.6 Å². The van der Waals surface area contributed by atoms with Crippen LogP contribution in [0.15, 0.2) is 54.6 Å². The van der Waals surface area contributed by atoms with E-state index >= 15 is 0 Å². The molecule has 1 unspecified atom stereocenters. The number of anilines is 1. The maximum atomic E-state index is 12.5. The molecule has 0 aliphatic heterocycles. The first-order valence-corrected chi connectivity index (χ1v) is 7.27. The minimum Gasteiger partial charge on any atom is -0.392 e. The highest BCUT2D eigenvalue weighted by Crippen LogP contribution is 2.21. The third-order valence-corrected chi connectivity index (χ3v) is 3.57. The van der Waals surface area contributed by atoms with E-state index in [1.807, 2.05) is 61.5 Å². The van der Waals surface area contributed by atoms with Gasteiger partial charge in [0.1, 0.15) is 5.92 Å². The van der Waals surface area contributed by atoms with E-state index < -0.39 is 5.92 Å². The summed E-state index contributed by atoms with van der Waals surface area (Å²) in [6.45, 7) is 2.05. The van der Waals surface area contributed by atoms with Crippen LogP contribution in [0.4, 0.5) is 5.69 Å². The van der Waals surface area contributed by atoms with E-state index in [1.54, 1.807) is 0 Å². The summed E-state index contributed by atoms with van der Waals surface area (Å²) in [6.07, 6.45) is 0.847. The molecule has 0 saturated heterocycles. The molecule has 0 spiro atoms. The fraction of sp³-hybridized carbons (Fsp3) is 0.176. The summed E-state index contributed by atoms with van der Waals surface area (Å²) in [5.74, 6) is -0.819. The van der Waals surface area contributed by atoms with E-state index in [1.165, 1.54) is 0 Å². The molecule has 3 nitrogen and oxygen atoms in total. The molecular weight excluding hydrogens is 280 g/mol. The van der Waals surface area contributed by atoms with Crippen LogP contribution in [0.5, 0.6) is 0 Å². The van der Waals surface area contributed by atoms with Crippen LogP contribution >= 0.6 is 12.2 Å². The fourth-order valence-electron chi connectivity index (χ4n) is 2.25. The Labute approximate surface area is 130 Å². The van der Waals surface area contributed by atoms with E-state index in [9.17, 15) is 4.79 Å². The Morgan fingerprint density at radius 2 is 1.76 bits per heavy atom. The predicted octanol–water partition coefficient (Wildman–Crippen LogP) is 3.26. The SMILES string of the molecule is CCc1ccccc1NC(=O)C(C(N)=S)c1ccccc1. The highest BCUT2D eigenvalue weighted by Gasteiger charge is 2.23. The Kier molecular flexibility index (Phi) is 5.06. The number of para-hydroxylation sites is 1. The van der Waals surface area contributed by atoms with Crippen LogP contribution in [-0.2, 0) is 11.2 Å². The molecule has 0 radical (unpaired) electrons. The third kappa shape index (κ3) is 3.67. The first kappa shape index (κ1) is 15.2. The van der Waals surface area contributed by atoms with Gasteiger partial charge in [0.15, 0.2) is 0 Å². The topological polar surface area (TPSA) is 55.1 Å². The van der Waals surface area contributed by atoms with Crippen molar-refractivity contribution in [1.29, 1.82) is 0 Å². The number of rotatable bonds is 5. The van der Waals surface area contributed by atoms with E-state index in [-0.39, 0.29) is 10.9 Å². The number of carbonyl (C=O) groups excluding carboxylic acids is 1. The van der Waals surface area contributed by atoms with E-state index in [4.69, 9.17) is 18.0 Å². The molecule has 0 fully saturated rings. The maximum Gasteiger partial charge on any atom is 0.238 e. The summed E-state index contributed by atoms with van der Waals surface area (Å²) in [7, 11) is 0. The predicted molar refractivity (Wildman–Crippen MR) is 90.4 cm³/mol. The quantitative estimate of drug-likeness (QED) is 0.833. The summed E-state index contributed by atoms with van der Waals surface area (Å²) >= 11 is 5.07. The largest absolute Gasteiger partial charge is 0.392 e. The van der Waals surface area contributed by atoms with Crippen molar-refractivity contribution in [3.8, 4) is 0 Å². The first-order chi connectivity index (χ1) is 10.1. The van der Waals surface area contributed by atoms with Gasteiger partial charge in [-0.3, -0.25) is 4.79 Å². The van der Waals surface area contributed by atoms with Crippen molar-refractivity contribution in [2.75, 3.05) is 5.32 Å². The van der Waals surface area contributed by atoms with Gasteiger partial charge in [0.25, 0.3) is 0 Å². The van der Waals surface area contributed by atoms with Gasteiger partial charge in [-0.1, -0.05) is 67.7 Å². The van der Waals surface area contributed by atoms with Crippen LogP contribution in [0.2, 0.25) is 0 Å². The van der Waals surface area contributed by atoms with Crippen LogP contribution in [0.3, 0.4) is 0 Å². The maximum absolute atomic E-state index is 12.5. The van der Waals surface area contributed by atoms with Crippen LogP contribution in [0, 0.1) is 0 Å². The second-order valence-electron chi connectivity index (χ2n) is 4.75. The van der Waals surface area contributed by atoms with Crippen molar-refractivity contribution in [2.45, 2.75) is 19.3 Å². The highest BCUT2D eigenvalue weighted by atomic mass is 32.1. The van der Waals surface area contributed by atoms with Crippen LogP contribution < -0.4 is 11.1 Å². The summed E-state index contributed by atoms with van der Waals surface area (Å²) in [6, 6.07) is 17.1. The molecule has 4 heteroatoms. The number of amides is 1. The lowest BCUT2D eigenvalue weighted by atomic mass is 9.98. The zero-order valence-corrected chi connectivity index (χ0v) is 12.7. The van der Waals surface area contributed by atoms with E-state index in [2.05, 4.69) is 5.32 Å². The van der Waals surface area contributed by atoms with Gasteiger partial charge < -0.3 is 11.1 Å². The average molecular weight is 298 g/mol. The van der Waals surface area contributed by atoms with Crippen molar-refractivity contribution >= 4 is 28.8 Å². The molecule has 1 amide bonds. The van der Waals surface area contributed by atoms with Crippen LogP contribution in [-0.4, -0.2) is 10.9 Å². The number of hydrogen-bond donors (Lipinski definition) is 2. The zero-order valence-electron chi connectivity index (χ0n) is 11.9. The van der Waals surface area contributed by atoms with Gasteiger partial charge in [0.2, 0.25) is 5.91 Å². The third-order valence-electron chi connectivity index (χ3n) is 3.34. The lowest BCUT2D eigenvalue weighted by molar-refractivity contribution is -0.116. The molecule has 0 bridgehead atoms. The molecule has 0 heterocycles. The molecule has 21 heavy (non-hydrogen) atoms. The van der Waals surface area contributed by atoms with Crippen molar-refractivity contribution in [2.24, 2.45) is 5.73 Å². The molecule has 0 aliphatic carbocycles. The van der Waals surface area contributed by atoms with Gasteiger partial charge in [0.05, 0.1) is 4.99 Å². The highest BCUT2D eigenvalue weighted by molar-refractivity contribution is 7.80. The average Bonchev–Trinajstić information content (AvgIpc) is 2.48. The number of thiocarbonyl (C=S) groups is 1. The molecule has 108 valence electrons. The summed E-state index contributed by atoms with van der Waals surface area (Å²) in [5, 5.41) is 2.93. The Hall–Kier alpha value is -2.20. The van der Waals surface area contributed by atoms with Crippen molar-refractivity contribution in [3.05, 3.63) is 65.7 Å². The molecule has 1 atom stereocenters. The monoisotopic (exact) mass is 298 g/mol. The Morgan fingerprint density at radius 3 is 2.38 bits per heavy atom. The molecule has 0 aliphatic rings. The molecular formula is C17H18N2OS. The van der Waals surface area contributed by atoms with Gasteiger partial charge in [-0.25, -0.2) is 0 Å². The van der Waals surface area contributed by atoms with Crippen LogP contribution in [0.1, 0.15) is 24.0 Å². The Balaban J connectivity index is 2.26. The number of nitrogens with two attached hydrogens (primary N) is 1. The minimum atomic E-state index is -0.619. The summed E-state index contributed by atoms with van der Waals surface area (Å²) in [5.41, 5.74) is 8.46. The standard InChI is InChI=1S/C17H18N2OS/c1-2-12-8-6-7-11-14(12)19-17(20)15(16(18)21)13-9-4-3-5-10-13/h3-11,15H,2H2,1H3,(H2,18,21)(H,19,20). The normalized spacial score (nSPS) is 11.7. The number of hydrogen-bond acceptors (Lipinski definition) is 2. The summed E-state index contributed by atoms with van der Waals surface area (Å²) in [4.78, 5) is 12.7. The van der Waals surface area contributed by atoms with E-state index in [0.717, 1.165) is 23.2 Å². The fourth-order valence-corrected chi connectivity index (χ4v) is 2.49. The van der Waals surface area contributed by atoms with Crippen LogP contribution in [0.25, 0.3) is 0 Å². The first-order valence-electron chi connectivity index (χ1n) is 6.86.